The van der Waals surface area contributed by atoms with E-state index in [0.29, 0.717) is 0 Å². The van der Waals surface area contributed by atoms with Crippen LogP contribution in [0.3, 0.4) is 0 Å². The van der Waals surface area contributed by atoms with Gasteiger partial charge in [-0.25, -0.2) is 4.79 Å². The van der Waals surface area contributed by atoms with Crippen molar-refractivity contribution in [2.75, 3.05) is 27.7 Å². The van der Waals surface area contributed by atoms with Crippen LogP contribution in [0.5, 0.6) is 0 Å². The van der Waals surface area contributed by atoms with E-state index < -0.39 is 5.97 Å². The van der Waals surface area contributed by atoms with Crippen LogP contribution in [-0.4, -0.2) is 51.0 Å². The predicted octanol–water partition coefficient (Wildman–Crippen LogP) is -0.541. The lowest BCUT2D eigenvalue weighted by molar-refractivity contribution is -0.138. The van der Waals surface area contributed by atoms with Gasteiger partial charge in [-0.1, -0.05) is 0 Å². The molecule has 0 atom stereocenters. The minimum absolute atomic E-state index is 0.0855. The minimum atomic E-state index is -0.443. The van der Waals surface area contributed by atoms with Crippen molar-refractivity contribution in [1.82, 2.24) is 10.2 Å². The molecule has 0 saturated heterocycles. The Kier molecular flexibility index (Phi) is 5.25. The van der Waals surface area contributed by atoms with Crippen LogP contribution in [0.15, 0.2) is 4.99 Å². The lowest BCUT2D eigenvalue weighted by Gasteiger charge is -2.08. The number of carbonyl (C=O) groups excluding carboxylic acids is 2. The summed E-state index contributed by atoms with van der Waals surface area (Å²) in [5.41, 5.74) is 0. The van der Waals surface area contributed by atoms with Gasteiger partial charge in [0.25, 0.3) is 0 Å². The van der Waals surface area contributed by atoms with Gasteiger partial charge in [-0.2, -0.15) is 0 Å². The number of esters is 1. The van der Waals surface area contributed by atoms with Crippen LogP contribution in [0.2, 0.25) is 0 Å². The summed E-state index contributed by atoms with van der Waals surface area (Å²) < 4.78 is 4.35. The number of nitrogens with one attached hydrogen (secondary N) is 1. The molecule has 0 spiro atoms. The molecule has 0 aromatic carbocycles. The molecule has 0 unspecified atom stereocenters. The quantitative estimate of drug-likeness (QED) is 0.366. The molecule has 0 aliphatic rings. The number of urea groups is 1. The van der Waals surface area contributed by atoms with Gasteiger partial charge in [-0.05, 0) is 0 Å². The third-order valence-electron chi connectivity index (χ3n) is 1.24. The first kappa shape index (κ1) is 11.4. The number of hydrogen-bond acceptors (Lipinski definition) is 4. The third-order valence-corrected chi connectivity index (χ3v) is 1.24. The van der Waals surface area contributed by atoms with Gasteiger partial charge in [0.05, 0.1) is 13.4 Å². The Balaban J connectivity index is 3.84. The summed E-state index contributed by atoms with van der Waals surface area (Å²) in [7, 11) is 4.31. The summed E-state index contributed by atoms with van der Waals surface area (Å²) in [4.78, 5) is 26.3. The van der Waals surface area contributed by atoms with E-state index in [2.05, 4.69) is 15.0 Å². The fourth-order valence-electron chi connectivity index (χ4n) is 0.531. The molecule has 6 heteroatoms. The summed E-state index contributed by atoms with van der Waals surface area (Å²) in [6.45, 7) is -0.0855. The maximum atomic E-state index is 10.9. The maximum absolute atomic E-state index is 10.9. The zero-order valence-corrected chi connectivity index (χ0v) is 7.90. The topological polar surface area (TPSA) is 71.0 Å². The summed E-state index contributed by atoms with van der Waals surface area (Å²) in [6, 6.07) is -0.298. The van der Waals surface area contributed by atoms with Gasteiger partial charge in [0.2, 0.25) is 0 Å². The Hall–Kier alpha value is -1.59. The summed E-state index contributed by atoms with van der Waals surface area (Å²) in [5, 5.41) is 2.40. The highest BCUT2D eigenvalue weighted by molar-refractivity contribution is 5.86. The Labute approximate surface area is 76.6 Å². The van der Waals surface area contributed by atoms with Crippen molar-refractivity contribution in [1.29, 1.82) is 0 Å². The highest BCUT2D eigenvalue weighted by atomic mass is 16.5. The zero-order chi connectivity index (χ0) is 10.3. The Bertz CT molecular complexity index is 215. The Morgan fingerprint density at radius 1 is 1.62 bits per heavy atom. The van der Waals surface area contributed by atoms with Gasteiger partial charge in [0, 0.05) is 14.1 Å². The summed E-state index contributed by atoms with van der Waals surface area (Å²) >= 11 is 0. The van der Waals surface area contributed by atoms with Gasteiger partial charge >= 0.3 is 12.0 Å². The fourth-order valence-corrected chi connectivity index (χ4v) is 0.531. The molecular formula is C7H13N3O3. The third kappa shape index (κ3) is 4.78. The molecule has 74 valence electrons. The molecule has 0 rings (SSSR count). The van der Waals surface area contributed by atoms with E-state index in [1.807, 2.05) is 0 Å². The van der Waals surface area contributed by atoms with Crippen molar-refractivity contribution in [3.63, 3.8) is 0 Å². The first-order valence-electron chi connectivity index (χ1n) is 3.63. The molecule has 0 aliphatic heterocycles. The monoisotopic (exact) mass is 187 g/mol. The second-order valence-corrected chi connectivity index (χ2v) is 2.20. The Morgan fingerprint density at radius 2 is 2.23 bits per heavy atom. The van der Waals surface area contributed by atoms with Crippen molar-refractivity contribution >= 4 is 18.3 Å². The van der Waals surface area contributed by atoms with Crippen molar-refractivity contribution in [2.45, 2.75) is 0 Å². The van der Waals surface area contributed by atoms with E-state index in [1.165, 1.54) is 32.4 Å². The fraction of sp³-hybridized carbons (Fsp3) is 0.571. The molecule has 0 aromatic rings. The lowest BCUT2D eigenvalue weighted by Crippen LogP contribution is -2.33. The van der Waals surface area contributed by atoms with Crippen LogP contribution in [0.25, 0.3) is 0 Å². The number of rotatable bonds is 3. The van der Waals surface area contributed by atoms with E-state index >= 15 is 0 Å². The first-order valence-corrected chi connectivity index (χ1v) is 3.63. The lowest BCUT2D eigenvalue weighted by atomic mass is 10.7. The number of amides is 2. The van der Waals surface area contributed by atoms with E-state index in [-0.39, 0.29) is 12.6 Å². The largest absolute Gasteiger partial charge is 0.468 e. The van der Waals surface area contributed by atoms with Crippen LogP contribution in [0, 0.1) is 0 Å². The average Bonchev–Trinajstić information content (AvgIpc) is 2.15. The highest BCUT2D eigenvalue weighted by Crippen LogP contribution is 1.80. The van der Waals surface area contributed by atoms with Crippen molar-refractivity contribution in [2.24, 2.45) is 4.99 Å². The SMILES string of the molecule is CNC(=O)N(C)C=NCC(=O)OC. The van der Waals surface area contributed by atoms with Gasteiger partial charge in [0.15, 0.2) is 0 Å². The standard InChI is InChI=1S/C7H13N3O3/c1-8-7(12)10(2)5-9-4-6(11)13-3/h5H,4H2,1-3H3,(H,8,12). The molecule has 6 nitrogen and oxygen atoms in total. The van der Waals surface area contributed by atoms with Gasteiger partial charge in [-0.3, -0.25) is 14.7 Å². The molecule has 0 aromatic heterocycles. The van der Waals surface area contributed by atoms with Gasteiger partial charge in [-0.15, -0.1) is 0 Å². The summed E-state index contributed by atoms with van der Waals surface area (Å²) in [6.07, 6.45) is 1.26. The molecule has 0 heterocycles. The molecule has 13 heavy (non-hydrogen) atoms. The van der Waals surface area contributed by atoms with E-state index in [9.17, 15) is 9.59 Å². The number of carbonyl (C=O) groups is 2. The average molecular weight is 187 g/mol. The molecule has 1 N–H and O–H groups in total. The number of aliphatic imine (C=N–C) groups is 1. The van der Waals surface area contributed by atoms with E-state index in [4.69, 9.17) is 0 Å². The molecule has 0 saturated carbocycles. The molecule has 0 fully saturated rings. The number of ether oxygens (including phenoxy) is 1. The molecule has 2 amide bonds. The molecule has 0 radical (unpaired) electrons. The van der Waals surface area contributed by atoms with Crippen LogP contribution in [-0.2, 0) is 9.53 Å². The van der Waals surface area contributed by atoms with Crippen LogP contribution in [0.4, 0.5) is 4.79 Å². The highest BCUT2D eigenvalue weighted by Gasteiger charge is 2.01. The van der Waals surface area contributed by atoms with E-state index in [0.717, 1.165) is 0 Å². The second-order valence-electron chi connectivity index (χ2n) is 2.20. The smallest absolute Gasteiger partial charge is 0.327 e. The van der Waals surface area contributed by atoms with Crippen LogP contribution >= 0.6 is 0 Å². The zero-order valence-electron chi connectivity index (χ0n) is 7.90. The van der Waals surface area contributed by atoms with Crippen LogP contribution < -0.4 is 5.32 Å². The van der Waals surface area contributed by atoms with E-state index in [1.54, 1.807) is 0 Å². The van der Waals surface area contributed by atoms with Crippen molar-refractivity contribution in [3.05, 3.63) is 0 Å². The number of methoxy groups -OCH3 is 1. The van der Waals surface area contributed by atoms with Crippen molar-refractivity contribution in [3.8, 4) is 0 Å². The molecular weight excluding hydrogens is 174 g/mol. The first-order chi connectivity index (χ1) is 6.11. The summed E-state index contributed by atoms with van der Waals surface area (Å²) in [5.74, 6) is -0.443. The van der Waals surface area contributed by atoms with Crippen LogP contribution in [0.1, 0.15) is 0 Å². The molecule has 0 bridgehead atoms. The van der Waals surface area contributed by atoms with Crippen molar-refractivity contribution < 1.29 is 14.3 Å². The van der Waals surface area contributed by atoms with Gasteiger partial charge < -0.3 is 10.1 Å². The minimum Gasteiger partial charge on any atom is -0.468 e. The number of hydrogen-bond donors (Lipinski definition) is 1. The van der Waals surface area contributed by atoms with Gasteiger partial charge in [0.1, 0.15) is 6.54 Å². The number of nitrogens with zero attached hydrogens (tertiary/aromatic N) is 2. The maximum Gasteiger partial charge on any atom is 0.327 e. The second kappa shape index (κ2) is 5.99. The Morgan fingerprint density at radius 3 is 2.69 bits per heavy atom. The normalized spacial score (nSPS) is 9.77. The predicted molar refractivity (Wildman–Crippen MR) is 47.6 cm³/mol. The molecule has 0 aliphatic carbocycles.